The quantitative estimate of drug-likeness (QED) is 0.803. The average molecular weight is 246 g/mol. The largest absolute Gasteiger partial charge is 0.316 e. The van der Waals surface area contributed by atoms with Crippen LogP contribution in [0, 0.1) is 5.92 Å². The van der Waals surface area contributed by atoms with Crippen molar-refractivity contribution < 1.29 is 4.21 Å². The second kappa shape index (κ2) is 5.01. The van der Waals surface area contributed by atoms with Gasteiger partial charge in [-0.1, -0.05) is 11.6 Å². The normalized spacial score (nSPS) is 22.9. The van der Waals surface area contributed by atoms with Gasteiger partial charge in [0.1, 0.15) is 0 Å². The number of aromatic nitrogens is 2. The number of rotatable bonds is 3. The lowest BCUT2D eigenvalue weighted by molar-refractivity contribution is 0.628. The fraction of sp³-hybridized carbons (Fsp3) is 0.556. The minimum absolute atomic E-state index is 0.381. The fourth-order valence-corrected chi connectivity index (χ4v) is 2.86. The van der Waals surface area contributed by atoms with Crippen molar-refractivity contribution >= 4 is 22.4 Å². The van der Waals surface area contributed by atoms with E-state index in [1.54, 1.807) is 0 Å². The molecule has 0 unspecified atom stereocenters. The van der Waals surface area contributed by atoms with E-state index in [0.717, 1.165) is 19.5 Å². The maximum absolute atomic E-state index is 11.8. The first kappa shape index (κ1) is 11.0. The molecule has 2 atom stereocenters. The molecule has 0 saturated carbocycles. The van der Waals surface area contributed by atoms with E-state index in [-0.39, 0.29) is 0 Å². The molecule has 1 aliphatic heterocycles. The molecule has 0 aliphatic carbocycles. The lowest BCUT2D eigenvalue weighted by Crippen LogP contribution is -2.16. The number of nitrogens with one attached hydrogen (secondary N) is 1. The van der Waals surface area contributed by atoms with Gasteiger partial charge < -0.3 is 5.32 Å². The zero-order chi connectivity index (χ0) is 10.7. The van der Waals surface area contributed by atoms with Crippen LogP contribution in [0.5, 0.6) is 0 Å². The van der Waals surface area contributed by atoms with Crippen molar-refractivity contribution in [3.63, 3.8) is 0 Å². The summed E-state index contributed by atoms with van der Waals surface area (Å²) < 4.78 is 11.8. The molecule has 2 heterocycles. The molecule has 0 aromatic carbocycles. The van der Waals surface area contributed by atoms with E-state index in [9.17, 15) is 4.21 Å². The van der Waals surface area contributed by atoms with Gasteiger partial charge in [-0.15, -0.1) is 0 Å². The lowest BCUT2D eigenvalue weighted by Gasteiger charge is -2.06. The van der Waals surface area contributed by atoms with E-state index in [1.807, 2.05) is 0 Å². The Morgan fingerprint density at radius 1 is 1.53 bits per heavy atom. The van der Waals surface area contributed by atoms with Crippen molar-refractivity contribution in [2.45, 2.75) is 11.6 Å². The van der Waals surface area contributed by atoms with Crippen LogP contribution in [0.2, 0.25) is 5.02 Å². The summed E-state index contributed by atoms with van der Waals surface area (Å²) >= 11 is 5.65. The van der Waals surface area contributed by atoms with Gasteiger partial charge in [0.05, 0.1) is 28.2 Å². The maximum Gasteiger partial charge on any atom is 0.218 e. The third-order valence-corrected chi connectivity index (χ3v) is 3.94. The summed E-state index contributed by atoms with van der Waals surface area (Å²) in [6.45, 7) is 1.96. The van der Waals surface area contributed by atoms with E-state index in [4.69, 9.17) is 11.6 Å². The highest BCUT2D eigenvalue weighted by molar-refractivity contribution is 7.84. The van der Waals surface area contributed by atoms with E-state index in [1.165, 1.54) is 12.4 Å². The molecule has 1 aromatic heterocycles. The first-order chi connectivity index (χ1) is 7.25. The molecule has 4 nitrogen and oxygen atoms in total. The molecule has 1 fully saturated rings. The molecule has 82 valence electrons. The van der Waals surface area contributed by atoms with Gasteiger partial charge in [-0.05, 0) is 25.4 Å². The summed E-state index contributed by atoms with van der Waals surface area (Å²) in [4.78, 5) is 7.91. The Bertz CT molecular complexity index is 351. The zero-order valence-corrected chi connectivity index (χ0v) is 9.72. The predicted octanol–water partition coefficient (Wildman–Crippen LogP) is 0.847. The molecular formula is C9H12ClN3OS. The van der Waals surface area contributed by atoms with Crippen molar-refractivity contribution in [2.75, 3.05) is 18.8 Å². The number of hydrogen-bond acceptors (Lipinski definition) is 4. The first-order valence-corrected chi connectivity index (χ1v) is 6.52. The molecule has 1 aliphatic rings. The van der Waals surface area contributed by atoms with Crippen LogP contribution in [-0.4, -0.2) is 33.0 Å². The maximum atomic E-state index is 11.8. The van der Waals surface area contributed by atoms with Crippen LogP contribution in [-0.2, 0) is 10.8 Å². The predicted molar refractivity (Wildman–Crippen MR) is 59.3 cm³/mol. The van der Waals surface area contributed by atoms with Crippen LogP contribution in [0.25, 0.3) is 0 Å². The molecule has 1 aromatic rings. The van der Waals surface area contributed by atoms with Crippen LogP contribution < -0.4 is 5.32 Å². The summed E-state index contributed by atoms with van der Waals surface area (Å²) in [6, 6.07) is 0. The van der Waals surface area contributed by atoms with E-state index >= 15 is 0 Å². The van der Waals surface area contributed by atoms with Crippen LogP contribution in [0.15, 0.2) is 17.6 Å². The molecular weight excluding hydrogens is 234 g/mol. The Labute approximate surface area is 95.9 Å². The highest BCUT2D eigenvalue weighted by Crippen LogP contribution is 2.12. The van der Waals surface area contributed by atoms with Crippen molar-refractivity contribution in [3.8, 4) is 0 Å². The minimum atomic E-state index is -1.10. The molecule has 0 amide bonds. The Kier molecular flexibility index (Phi) is 3.66. The smallest absolute Gasteiger partial charge is 0.218 e. The van der Waals surface area contributed by atoms with Crippen LogP contribution >= 0.6 is 11.6 Å². The summed E-state index contributed by atoms with van der Waals surface area (Å²) in [7, 11) is -1.10. The molecule has 15 heavy (non-hydrogen) atoms. The van der Waals surface area contributed by atoms with Gasteiger partial charge >= 0.3 is 0 Å². The summed E-state index contributed by atoms with van der Waals surface area (Å²) in [5, 5.41) is 4.09. The SMILES string of the molecule is O=[S@@](C[C@@H]1CCNC1)c1ncc(Cl)cn1. The van der Waals surface area contributed by atoms with Gasteiger partial charge in [0.25, 0.3) is 0 Å². The molecule has 6 heteroatoms. The van der Waals surface area contributed by atoms with Crippen molar-refractivity contribution in [2.24, 2.45) is 5.92 Å². The van der Waals surface area contributed by atoms with Crippen molar-refractivity contribution in [3.05, 3.63) is 17.4 Å². The first-order valence-electron chi connectivity index (χ1n) is 4.82. The molecule has 0 radical (unpaired) electrons. The van der Waals surface area contributed by atoms with Crippen molar-refractivity contribution in [1.82, 2.24) is 15.3 Å². The van der Waals surface area contributed by atoms with Gasteiger partial charge in [-0.25, -0.2) is 9.97 Å². The minimum Gasteiger partial charge on any atom is -0.316 e. The number of hydrogen-bond donors (Lipinski definition) is 1. The number of halogens is 1. The van der Waals surface area contributed by atoms with Crippen LogP contribution in [0.4, 0.5) is 0 Å². The average Bonchev–Trinajstić information content (AvgIpc) is 2.71. The van der Waals surface area contributed by atoms with Gasteiger partial charge in [0.15, 0.2) is 0 Å². The lowest BCUT2D eigenvalue weighted by atomic mass is 10.2. The van der Waals surface area contributed by atoms with Crippen molar-refractivity contribution in [1.29, 1.82) is 0 Å². The molecule has 0 bridgehead atoms. The van der Waals surface area contributed by atoms with E-state index < -0.39 is 10.8 Å². The Morgan fingerprint density at radius 2 is 2.27 bits per heavy atom. The van der Waals surface area contributed by atoms with E-state index in [0.29, 0.717) is 21.8 Å². The second-order valence-corrected chi connectivity index (χ2v) is 5.38. The summed E-state index contributed by atoms with van der Waals surface area (Å²) in [5.74, 6) is 1.11. The van der Waals surface area contributed by atoms with Crippen LogP contribution in [0.1, 0.15) is 6.42 Å². The topological polar surface area (TPSA) is 54.9 Å². The second-order valence-electron chi connectivity index (χ2n) is 3.55. The molecule has 2 rings (SSSR count). The summed E-state index contributed by atoms with van der Waals surface area (Å²) in [5.41, 5.74) is 0. The highest BCUT2D eigenvalue weighted by atomic mass is 35.5. The Morgan fingerprint density at radius 3 is 2.87 bits per heavy atom. The standard InChI is InChI=1S/C9H12ClN3OS/c10-8-4-12-9(13-5-8)15(14)6-7-1-2-11-3-7/h4-5,7,11H,1-3,6H2/t7-,15+/m1/s1. The van der Waals surface area contributed by atoms with Gasteiger partial charge in [-0.3, -0.25) is 4.21 Å². The molecule has 1 saturated heterocycles. The zero-order valence-electron chi connectivity index (χ0n) is 8.15. The summed E-state index contributed by atoms with van der Waals surface area (Å²) in [6.07, 6.45) is 4.04. The molecule has 1 N–H and O–H groups in total. The van der Waals surface area contributed by atoms with Gasteiger partial charge in [0.2, 0.25) is 5.16 Å². The Hall–Kier alpha value is -0.520. The monoisotopic (exact) mass is 245 g/mol. The van der Waals surface area contributed by atoms with Gasteiger partial charge in [-0.2, -0.15) is 0 Å². The highest BCUT2D eigenvalue weighted by Gasteiger charge is 2.19. The van der Waals surface area contributed by atoms with E-state index in [2.05, 4.69) is 15.3 Å². The van der Waals surface area contributed by atoms with Crippen LogP contribution in [0.3, 0.4) is 0 Å². The Balaban J connectivity index is 1.98. The third kappa shape index (κ3) is 2.96. The third-order valence-electron chi connectivity index (χ3n) is 2.35. The number of nitrogens with zero attached hydrogens (tertiary/aromatic N) is 2. The fourth-order valence-electron chi connectivity index (χ4n) is 1.56. The molecule has 0 spiro atoms. The van der Waals surface area contributed by atoms with Gasteiger partial charge in [0, 0.05) is 5.75 Å².